The quantitative estimate of drug-likeness (QED) is 0.0591. The molecule has 9 atom stereocenters. The molecule has 0 aliphatic carbocycles. The molecule has 0 radical (unpaired) electrons. The summed E-state index contributed by atoms with van der Waals surface area (Å²) in [6, 6.07) is 0. The molecule has 316 valence electrons. The third kappa shape index (κ3) is 41.6. The summed E-state index contributed by atoms with van der Waals surface area (Å²) in [4.78, 5) is 0. The Morgan fingerprint density at radius 2 is 0.373 bits per heavy atom. The Kier molecular flexibility index (Phi) is 49.0. The molecule has 0 amide bonds. The molecule has 0 spiro atoms. The standard InChI is InChI=1S/3C12H27O3P.2ClH.Ru/c3*1-7-10(4)13-16(14-11(5)8-2)15-12(6)9-3;;;/h3*10-12H,7-9H2,1-6H3;2*1H;/q;;;;;+2/p-2. The van der Waals surface area contributed by atoms with Gasteiger partial charge < -0.3 is 40.7 Å². The first kappa shape index (κ1) is 59.8. The molecule has 0 aromatic rings. The van der Waals surface area contributed by atoms with Gasteiger partial charge in [0.1, 0.15) is 0 Å². The van der Waals surface area contributed by atoms with Crippen LogP contribution in [0, 0.1) is 0 Å². The molecule has 0 aromatic carbocycles. The van der Waals surface area contributed by atoms with Gasteiger partial charge in [-0.25, -0.2) is 0 Å². The van der Waals surface area contributed by atoms with Crippen LogP contribution in [0.5, 0.6) is 0 Å². The average Bonchev–Trinajstić information content (AvgIpc) is 3.11. The fourth-order valence-electron chi connectivity index (χ4n) is 2.22. The molecule has 0 aliphatic rings. The Balaban J connectivity index is -0.000000312. The van der Waals surface area contributed by atoms with Crippen LogP contribution in [-0.2, 0) is 55.9 Å². The molecule has 0 saturated carbocycles. The molecule has 0 fully saturated rings. The van der Waals surface area contributed by atoms with Crippen LogP contribution in [0.15, 0.2) is 0 Å². The van der Waals surface area contributed by atoms with Gasteiger partial charge in [-0.15, -0.1) is 0 Å². The number of hydrogen-bond acceptors (Lipinski definition) is 9. The van der Waals surface area contributed by atoms with Gasteiger partial charge in [0.2, 0.25) is 0 Å². The van der Waals surface area contributed by atoms with Gasteiger partial charge in [0, 0.05) is 0 Å². The predicted octanol–water partition coefficient (Wildman–Crippen LogP) is 15.4. The zero-order valence-corrected chi connectivity index (χ0v) is 41.6. The summed E-state index contributed by atoms with van der Waals surface area (Å²) in [6.07, 6.45) is 10.6. The fraction of sp³-hybridized carbons (Fsp3) is 1.00. The van der Waals surface area contributed by atoms with Crippen LogP contribution in [0.4, 0.5) is 0 Å². The van der Waals surface area contributed by atoms with Crippen molar-refractivity contribution in [2.75, 3.05) is 0 Å². The number of halogens is 2. The van der Waals surface area contributed by atoms with Crippen molar-refractivity contribution in [1.29, 1.82) is 0 Å². The van der Waals surface area contributed by atoms with E-state index >= 15 is 0 Å². The molecule has 0 rings (SSSR count). The Morgan fingerprint density at radius 1 is 0.294 bits per heavy atom. The Bertz CT molecular complexity index is 533. The van der Waals surface area contributed by atoms with Crippen molar-refractivity contribution in [2.24, 2.45) is 0 Å². The van der Waals surface area contributed by atoms with E-state index in [1.807, 2.05) is 0 Å². The summed E-state index contributed by atoms with van der Waals surface area (Å²) in [5, 5.41) is 0. The first-order valence-electron chi connectivity index (χ1n) is 19.3. The normalized spacial score (nSPS) is 18.4. The van der Waals surface area contributed by atoms with Crippen LogP contribution in [0.2, 0.25) is 0 Å². The van der Waals surface area contributed by atoms with Crippen LogP contribution in [0.25, 0.3) is 0 Å². The SMILES string of the molecule is CCC(C)OP(OC(C)CC)OC(C)CC.CCC(C)OP(OC(C)CC)OC(C)CC.CCC(C)OP(OC(C)CC)OC(C)CC.[Cl][Ru][Cl]. The van der Waals surface area contributed by atoms with Crippen molar-refractivity contribution < 1.29 is 55.9 Å². The second-order valence-electron chi connectivity index (χ2n) is 12.6. The minimum absolute atomic E-state index is 0.194. The molecule has 9 nitrogen and oxygen atoms in total. The Hall–Kier alpha value is 2.13. The zero-order valence-electron chi connectivity index (χ0n) is 35.7. The molecule has 15 heteroatoms. The first-order chi connectivity index (χ1) is 24.0. The third-order valence-electron chi connectivity index (χ3n) is 7.57. The van der Waals surface area contributed by atoms with Crippen molar-refractivity contribution in [2.45, 2.75) is 237 Å². The van der Waals surface area contributed by atoms with E-state index in [0.29, 0.717) is 0 Å². The molecule has 0 saturated heterocycles. The maximum absolute atomic E-state index is 5.76. The average molecular weight is 923 g/mol. The maximum atomic E-state index is 5.76. The van der Waals surface area contributed by atoms with Gasteiger partial charge in [-0.05, 0) is 120 Å². The Labute approximate surface area is 336 Å². The summed E-state index contributed by atoms with van der Waals surface area (Å²) >= 11 is -0.346. The molecule has 0 bridgehead atoms. The zero-order chi connectivity index (χ0) is 40.4. The number of hydrogen-bond donors (Lipinski definition) is 0. The van der Waals surface area contributed by atoms with Crippen LogP contribution in [0.1, 0.15) is 182 Å². The van der Waals surface area contributed by atoms with Gasteiger partial charge in [0.25, 0.3) is 0 Å². The first-order valence-corrected chi connectivity index (χ1v) is 27.0. The van der Waals surface area contributed by atoms with Gasteiger partial charge in [0.15, 0.2) is 0 Å². The van der Waals surface area contributed by atoms with E-state index in [9.17, 15) is 0 Å². The molecule has 51 heavy (non-hydrogen) atoms. The Morgan fingerprint density at radius 3 is 0.431 bits per heavy atom. The third-order valence-corrected chi connectivity index (χ3v) is 12.4. The summed E-state index contributed by atoms with van der Waals surface area (Å²) in [7, 11) is 6.12. The van der Waals surface area contributed by atoms with Gasteiger partial charge in [0.05, 0.1) is 54.9 Å². The minimum atomic E-state index is -1.20. The van der Waals surface area contributed by atoms with E-state index in [4.69, 9.17) is 60.1 Å². The van der Waals surface area contributed by atoms with Crippen LogP contribution < -0.4 is 0 Å². The summed E-state index contributed by atoms with van der Waals surface area (Å²) in [5.41, 5.74) is 0. The second kappa shape index (κ2) is 41.8. The van der Waals surface area contributed by atoms with Crippen molar-refractivity contribution in [3.63, 3.8) is 0 Å². The van der Waals surface area contributed by atoms with Crippen LogP contribution in [0.3, 0.4) is 0 Å². The van der Waals surface area contributed by atoms with Gasteiger partial charge >= 0.3 is 60.3 Å². The molecule has 0 heterocycles. The van der Waals surface area contributed by atoms with E-state index in [1.54, 1.807) is 0 Å². The molecule has 0 aliphatic heterocycles. The topological polar surface area (TPSA) is 83.1 Å². The summed E-state index contributed by atoms with van der Waals surface area (Å²) < 4.78 is 51.9. The van der Waals surface area contributed by atoms with Gasteiger partial charge in [-0.3, -0.25) is 0 Å². The number of rotatable bonds is 27. The van der Waals surface area contributed by atoms with Crippen molar-refractivity contribution in [1.82, 2.24) is 0 Å². The summed E-state index contributed by atoms with van der Waals surface area (Å²) in [5.74, 6) is 0. The second-order valence-corrected chi connectivity index (χ2v) is 18.5. The molecule has 9 unspecified atom stereocenters. The van der Waals surface area contributed by atoms with Gasteiger partial charge in [-0.2, -0.15) is 0 Å². The van der Waals surface area contributed by atoms with E-state index in [-0.39, 0.29) is 70.1 Å². The van der Waals surface area contributed by atoms with Crippen molar-refractivity contribution in [3.05, 3.63) is 0 Å². The summed E-state index contributed by atoms with van der Waals surface area (Å²) in [6.45, 7) is 37.4. The van der Waals surface area contributed by atoms with E-state index in [1.165, 1.54) is 0 Å². The van der Waals surface area contributed by atoms with Crippen molar-refractivity contribution >= 4 is 45.2 Å². The van der Waals surface area contributed by atoms with Crippen molar-refractivity contribution in [3.8, 4) is 0 Å². The predicted molar refractivity (Wildman–Crippen MR) is 220 cm³/mol. The van der Waals surface area contributed by atoms with E-state index in [2.05, 4.69) is 125 Å². The molecule has 0 aromatic heterocycles. The molecular formula is C36H81Cl2O9P3Ru. The molecule has 0 N–H and O–H groups in total. The fourth-order valence-corrected chi connectivity index (χ4v) is 6.65. The monoisotopic (exact) mass is 922 g/mol. The van der Waals surface area contributed by atoms with Gasteiger partial charge in [-0.1, -0.05) is 62.3 Å². The molecular weight excluding hydrogens is 841 g/mol. The van der Waals surface area contributed by atoms with Crippen LogP contribution >= 0.6 is 45.2 Å². The van der Waals surface area contributed by atoms with E-state index in [0.717, 1.165) is 57.8 Å². The van der Waals surface area contributed by atoms with E-state index < -0.39 is 25.8 Å². The van der Waals surface area contributed by atoms with Crippen LogP contribution in [-0.4, -0.2) is 54.9 Å².